The van der Waals surface area contributed by atoms with Crippen LogP contribution in [0.15, 0.2) is 27.5 Å². The average molecular weight is 497 g/mol. The van der Waals surface area contributed by atoms with Gasteiger partial charge in [-0.1, -0.05) is 20.3 Å². The minimum Gasteiger partial charge on any atom is -0.341 e. The van der Waals surface area contributed by atoms with Crippen LogP contribution in [-0.4, -0.2) is 58.1 Å². The summed E-state index contributed by atoms with van der Waals surface area (Å²) in [6.07, 6.45) is 5.03. The number of ketones is 1. The zero-order valence-electron chi connectivity index (χ0n) is 18.8. The highest BCUT2D eigenvalue weighted by Crippen LogP contribution is 2.41. The molecule has 1 aliphatic carbocycles. The van der Waals surface area contributed by atoms with Crippen LogP contribution in [0.4, 0.5) is 11.4 Å². The number of piperidine rings is 1. The smallest absolute Gasteiger partial charge is 0.286 e. The number of benzene rings is 1. The third-order valence-corrected chi connectivity index (χ3v) is 8.48. The van der Waals surface area contributed by atoms with E-state index in [-0.39, 0.29) is 33.9 Å². The van der Waals surface area contributed by atoms with E-state index >= 15 is 0 Å². The first-order valence-electron chi connectivity index (χ1n) is 10.9. The third-order valence-electron chi connectivity index (χ3n) is 6.54. The molecule has 0 aromatic heterocycles. The molecule has 12 heteroatoms. The van der Waals surface area contributed by atoms with Gasteiger partial charge in [0.2, 0.25) is 15.9 Å². The number of rotatable bonds is 6. The van der Waals surface area contributed by atoms with Crippen LogP contribution in [0.1, 0.15) is 46.0 Å². The Labute approximate surface area is 193 Å². The average Bonchev–Trinajstić information content (AvgIpc) is 2.64. The molecule has 0 bridgehead atoms. The van der Waals surface area contributed by atoms with E-state index in [0.717, 1.165) is 38.0 Å². The first-order chi connectivity index (χ1) is 15.3. The van der Waals surface area contributed by atoms with Gasteiger partial charge in [0.25, 0.3) is 10.0 Å². The Hall–Kier alpha value is -2.47. The molecule has 2 atom stereocenters. The number of sulfonamides is 2. The summed E-state index contributed by atoms with van der Waals surface area (Å²) in [5.41, 5.74) is -0.588. The van der Waals surface area contributed by atoms with E-state index in [9.17, 15) is 26.4 Å². The van der Waals surface area contributed by atoms with Crippen LogP contribution in [0.5, 0.6) is 0 Å². The number of amidine groups is 1. The minimum atomic E-state index is -4.28. The van der Waals surface area contributed by atoms with E-state index in [1.165, 1.54) is 12.1 Å². The predicted octanol–water partition coefficient (Wildman–Crippen LogP) is 1.96. The number of nitrogens with one attached hydrogen (secondary N) is 2. The SMILES string of the molecule is CCCC1(C)CN(C2CCC2)C(=O)C(C2=NS(=O)(=O)c3cc(NS(C)(=O)=O)ccc3N2)C1=O. The lowest BCUT2D eigenvalue weighted by Gasteiger charge is -2.48. The summed E-state index contributed by atoms with van der Waals surface area (Å²) in [5, 5.41) is 2.87. The zero-order valence-corrected chi connectivity index (χ0v) is 20.4. The van der Waals surface area contributed by atoms with Gasteiger partial charge in [-0.3, -0.25) is 14.3 Å². The van der Waals surface area contributed by atoms with Gasteiger partial charge in [-0.25, -0.2) is 8.42 Å². The van der Waals surface area contributed by atoms with Crippen LogP contribution in [0.2, 0.25) is 0 Å². The molecule has 2 N–H and O–H groups in total. The van der Waals surface area contributed by atoms with Gasteiger partial charge in [-0.05, 0) is 43.9 Å². The van der Waals surface area contributed by atoms with Gasteiger partial charge in [-0.15, -0.1) is 4.40 Å². The van der Waals surface area contributed by atoms with Crippen molar-refractivity contribution in [3.05, 3.63) is 18.2 Å². The maximum absolute atomic E-state index is 13.5. The number of hydrogen-bond donors (Lipinski definition) is 2. The monoisotopic (exact) mass is 496 g/mol. The Morgan fingerprint density at radius 3 is 2.55 bits per heavy atom. The third kappa shape index (κ3) is 4.37. The Bertz CT molecular complexity index is 1250. The van der Waals surface area contributed by atoms with Gasteiger partial charge in [0.05, 0.1) is 11.9 Å². The summed E-state index contributed by atoms with van der Waals surface area (Å²) in [4.78, 5) is 28.4. The molecule has 1 aromatic carbocycles. The summed E-state index contributed by atoms with van der Waals surface area (Å²) in [6, 6.07) is 4.01. The first kappa shape index (κ1) is 23.7. The number of anilines is 2. The molecule has 0 spiro atoms. The summed E-state index contributed by atoms with van der Waals surface area (Å²) >= 11 is 0. The lowest BCUT2D eigenvalue weighted by molar-refractivity contribution is -0.155. The molecule has 4 rings (SSSR count). The second-order valence-corrected chi connectivity index (χ2v) is 12.6. The molecule has 33 heavy (non-hydrogen) atoms. The Balaban J connectivity index is 1.73. The predicted molar refractivity (Wildman–Crippen MR) is 124 cm³/mol. The molecule has 1 amide bonds. The van der Waals surface area contributed by atoms with Crippen LogP contribution >= 0.6 is 0 Å². The normalized spacial score (nSPS) is 27.3. The number of fused-ring (bicyclic) bond motifs is 1. The van der Waals surface area contributed by atoms with Gasteiger partial charge in [0.15, 0.2) is 11.7 Å². The number of carbonyl (C=O) groups is 2. The lowest BCUT2D eigenvalue weighted by atomic mass is 9.70. The molecule has 180 valence electrons. The number of Topliss-reactive ketones (excluding diaryl/α,β-unsaturated/α-hetero) is 1. The molecule has 1 saturated carbocycles. The summed E-state index contributed by atoms with van der Waals surface area (Å²) in [7, 11) is -7.89. The molecule has 3 aliphatic rings. The highest BCUT2D eigenvalue weighted by atomic mass is 32.2. The largest absolute Gasteiger partial charge is 0.341 e. The van der Waals surface area contributed by atoms with Crippen molar-refractivity contribution in [3.8, 4) is 0 Å². The van der Waals surface area contributed by atoms with Crippen molar-refractivity contribution >= 4 is 48.9 Å². The standard InChI is InChI=1S/C21H28N4O6S2/c1-4-10-21(2)12-25(14-6-5-7-14)20(27)17(18(21)26)19-22-15-9-8-13(23-32(3,28)29)11-16(15)33(30,31)24-19/h8-9,11,14,17,23H,4-7,10,12H2,1-3H3,(H,22,24). The van der Waals surface area contributed by atoms with Crippen molar-refractivity contribution in [3.63, 3.8) is 0 Å². The molecule has 2 aliphatic heterocycles. The maximum Gasteiger partial charge on any atom is 0.286 e. The molecule has 1 aromatic rings. The Morgan fingerprint density at radius 2 is 1.97 bits per heavy atom. The fourth-order valence-corrected chi connectivity index (χ4v) is 6.48. The van der Waals surface area contributed by atoms with Gasteiger partial charge < -0.3 is 10.2 Å². The Kier molecular flexibility index (Phi) is 5.80. The first-order valence-corrected chi connectivity index (χ1v) is 14.3. The highest BCUT2D eigenvalue weighted by Gasteiger charge is 2.53. The fraction of sp³-hybridized carbons (Fsp3) is 0.571. The minimum absolute atomic E-state index is 0.0574. The van der Waals surface area contributed by atoms with Gasteiger partial charge in [0.1, 0.15) is 10.7 Å². The van der Waals surface area contributed by atoms with Crippen molar-refractivity contribution in [2.75, 3.05) is 22.8 Å². The van der Waals surface area contributed by atoms with E-state index < -0.39 is 37.3 Å². The molecule has 2 fully saturated rings. The summed E-state index contributed by atoms with van der Waals surface area (Å²) in [6.45, 7) is 4.13. The highest BCUT2D eigenvalue weighted by molar-refractivity contribution is 7.92. The summed E-state index contributed by atoms with van der Waals surface area (Å²) < 4.78 is 55.0. The van der Waals surface area contributed by atoms with Gasteiger partial charge in [0, 0.05) is 23.7 Å². The molecule has 2 unspecified atom stereocenters. The maximum atomic E-state index is 13.5. The van der Waals surface area contributed by atoms with Crippen molar-refractivity contribution in [2.45, 2.75) is 56.9 Å². The number of carbonyl (C=O) groups excluding carboxylic acids is 2. The topological polar surface area (TPSA) is 142 Å². The summed E-state index contributed by atoms with van der Waals surface area (Å²) in [5.74, 6) is -2.27. The number of nitrogens with zero attached hydrogens (tertiary/aromatic N) is 2. The van der Waals surface area contributed by atoms with Crippen molar-refractivity contribution in [1.82, 2.24) is 4.90 Å². The van der Waals surface area contributed by atoms with E-state index in [0.29, 0.717) is 13.0 Å². The van der Waals surface area contributed by atoms with Crippen molar-refractivity contribution < 1.29 is 26.4 Å². The van der Waals surface area contributed by atoms with Crippen LogP contribution in [0.3, 0.4) is 0 Å². The lowest BCUT2D eigenvalue weighted by Crippen LogP contribution is -2.62. The quantitative estimate of drug-likeness (QED) is 0.573. The second-order valence-electron chi connectivity index (χ2n) is 9.32. The van der Waals surface area contributed by atoms with Gasteiger partial charge in [-0.2, -0.15) is 8.42 Å². The van der Waals surface area contributed by atoms with Crippen molar-refractivity contribution in [1.29, 1.82) is 0 Å². The molecular weight excluding hydrogens is 468 g/mol. The molecule has 0 radical (unpaired) electrons. The van der Waals surface area contributed by atoms with Crippen LogP contribution < -0.4 is 10.0 Å². The van der Waals surface area contributed by atoms with Crippen LogP contribution in [-0.2, 0) is 29.6 Å². The molecular formula is C21H28N4O6S2. The van der Waals surface area contributed by atoms with Gasteiger partial charge >= 0.3 is 0 Å². The second kappa shape index (κ2) is 8.08. The molecule has 1 saturated heterocycles. The number of likely N-dealkylation sites (tertiary alicyclic amines) is 1. The van der Waals surface area contributed by atoms with Crippen LogP contribution in [0.25, 0.3) is 0 Å². The number of hydrogen-bond acceptors (Lipinski definition) is 7. The molecule has 10 nitrogen and oxygen atoms in total. The Morgan fingerprint density at radius 1 is 1.27 bits per heavy atom. The van der Waals surface area contributed by atoms with E-state index in [4.69, 9.17) is 0 Å². The van der Waals surface area contributed by atoms with Crippen molar-refractivity contribution in [2.24, 2.45) is 15.7 Å². The zero-order chi connectivity index (χ0) is 24.2. The van der Waals surface area contributed by atoms with E-state index in [2.05, 4.69) is 14.4 Å². The van der Waals surface area contributed by atoms with Crippen LogP contribution in [0, 0.1) is 11.3 Å². The number of amides is 1. The van der Waals surface area contributed by atoms with E-state index in [1.807, 2.05) is 13.8 Å². The van der Waals surface area contributed by atoms with E-state index in [1.54, 1.807) is 4.90 Å². The molecule has 2 heterocycles. The fourth-order valence-electron chi connectivity index (χ4n) is 4.74.